The molecule has 12 fully saturated rings. The minimum absolute atomic E-state index is 0.0210. The van der Waals surface area contributed by atoms with E-state index in [2.05, 4.69) is 16.0 Å². The number of aliphatic hydroxyl groups is 17. The fourth-order valence-electron chi connectivity index (χ4n) is 19.3. The first kappa shape index (κ1) is 105. The van der Waals surface area contributed by atoms with Gasteiger partial charge in [-0.1, -0.05) is 6.92 Å². The van der Waals surface area contributed by atoms with Crippen molar-refractivity contribution >= 4 is 17.3 Å². The largest absolute Gasteiger partial charge is 0.396 e. The summed E-state index contributed by atoms with van der Waals surface area (Å²) in [5, 5.41) is 186. The van der Waals surface area contributed by atoms with Gasteiger partial charge in [-0.15, -0.1) is 0 Å². The Bertz CT molecular complexity index is 3300. The zero-order valence-electron chi connectivity index (χ0n) is 71.6. The summed E-state index contributed by atoms with van der Waals surface area (Å²) in [5.74, 6) is -3.55. The van der Waals surface area contributed by atoms with Gasteiger partial charge in [0.05, 0.1) is 99.3 Å². The van der Waals surface area contributed by atoms with E-state index in [-0.39, 0.29) is 127 Å². The fourth-order valence-corrected chi connectivity index (χ4v) is 19.3. The third-order valence-electron chi connectivity index (χ3n) is 27.1. The zero-order valence-corrected chi connectivity index (χ0v) is 71.6. The standard InChI is InChI=1S/C27H51N5O11.C26H49N5O11.C26H49N5O10/c28-13-8-27(39,9-13)18(35)7-12-6-16(30)24(43-25-15(29)3-2-14(40-25)10-32-4-1-5-33)22(38)23(12)42-26-21(37)19(31)20(36)17(11-34)41-26;27-12-7-26(38,8-12)17(34)6-11-5-15(29)23(42-24-14(28)2-1-13(39-24)9-31-3-4-32)21(37)22(11)41-25-20(36)18(30)19(35)16(10-33)40-25;1-2-31-9-13-3-4-14(28)24(38-13)41-23-15(29)5-11(6-17(33)26(37)7-12(27)8-26)22(21(23)36)40-25-20(35)18(30)19(34)16(10-32)39-25/h12-17,19-26,32-34,36-39H,1-11,28-31H2;11-16,18-25,31-33,35-38H,1-10,27-30H2;11-16,18-25,31-32,34-37H,2-10,27-30H2,1H3/t12-,13?,14-,15+,16-,17+,19-,20+,21+,22+,23-,24?,25+,26+,27?;2*11-,12?,13-,14+,15-,16+,18-,19+,20+,21+,22-,23?,24+,25+,26?/m000/s1. The van der Waals surface area contributed by atoms with Crippen molar-refractivity contribution in [2.24, 2.45) is 86.6 Å². The van der Waals surface area contributed by atoms with Crippen LogP contribution in [0.15, 0.2) is 0 Å². The van der Waals surface area contributed by atoms with Gasteiger partial charge in [0, 0.05) is 88.3 Å². The molecule has 0 aromatic rings. The number of likely N-dealkylation sites (N-methyl/N-ethyl adjacent to an activating group) is 1. The molecule has 6 saturated heterocycles. The lowest BCUT2D eigenvalue weighted by atomic mass is 9.69. The van der Waals surface area contributed by atoms with Crippen LogP contribution in [-0.2, 0) is 71.2 Å². The van der Waals surface area contributed by atoms with E-state index in [0.717, 1.165) is 13.0 Å². The molecule has 12 rings (SSSR count). The van der Waals surface area contributed by atoms with E-state index >= 15 is 0 Å². The van der Waals surface area contributed by atoms with Crippen LogP contribution in [0.5, 0.6) is 0 Å². The van der Waals surface area contributed by atoms with Gasteiger partial charge in [0.2, 0.25) is 0 Å². The average Bonchev–Trinajstić information content (AvgIpc) is 0.770. The molecule has 126 heavy (non-hydrogen) atoms. The number of ether oxygens (including phenoxy) is 12. The predicted octanol–water partition coefficient (Wildman–Crippen LogP) is -15.2. The van der Waals surface area contributed by atoms with E-state index in [4.69, 9.17) is 136 Å². The van der Waals surface area contributed by atoms with E-state index in [9.17, 15) is 91.0 Å². The summed E-state index contributed by atoms with van der Waals surface area (Å²) >= 11 is 0. The topological polar surface area (TPSA) is 854 Å². The van der Waals surface area contributed by atoms with Crippen LogP contribution in [0.25, 0.3) is 0 Å². The van der Waals surface area contributed by atoms with Gasteiger partial charge in [0.25, 0.3) is 0 Å². The molecule has 0 radical (unpaired) electrons. The highest BCUT2D eigenvalue weighted by Crippen LogP contribution is 2.45. The lowest BCUT2D eigenvalue weighted by Crippen LogP contribution is -2.66. The normalized spacial score (nSPS) is 48.0. The number of ketones is 3. The molecule has 47 nitrogen and oxygen atoms in total. The summed E-state index contributed by atoms with van der Waals surface area (Å²) in [6, 6.07) is -8.31. The SMILES string of the molecule is CCNC[C@@H]1CC[C@@H](N)[C@@H](OC2[C@@H](N)C[C@@H](CC(=O)C3(O)CC(N)C3)[C@H](O[C@H]3O[C@H](CO)[C@@H](O)[C@H](N)[C@H]3O)[C@H]2O)O1.NC1CC(O)(C(=O)C[C@@H]2C[C@H](N)C(O[C@H]3O[C@H](CNCCCO)CC[C@H]3N)[C@H](O)[C@H]2O[C@H]2O[C@H](CO)[C@@H](O)[C@H](N)[C@H]2O)C1.NC1CC(O)(C(=O)C[C@@H]2C[C@H](N)C(O[C@H]3O[C@H](CNCCO)CC[C@H]3N)[C@H](O)[C@H]2O[C@H]2O[C@H](CO)[C@@H](O)[C@H](N)[C@H]2O)C1. The molecule has 6 heterocycles. The van der Waals surface area contributed by atoms with Crippen LogP contribution in [-0.4, -0.2) is 432 Å². The van der Waals surface area contributed by atoms with Crippen molar-refractivity contribution in [3.05, 3.63) is 0 Å². The van der Waals surface area contributed by atoms with Gasteiger partial charge >= 0.3 is 0 Å². The molecule has 44 N–H and O–H groups in total. The number of hydrogen-bond acceptors (Lipinski definition) is 47. The van der Waals surface area contributed by atoms with Crippen molar-refractivity contribution in [3.8, 4) is 0 Å². The molecule has 39 atom stereocenters. The van der Waals surface area contributed by atoms with Gasteiger partial charge < -0.3 is 228 Å². The number of nitrogens with one attached hydrogen (secondary N) is 3. The number of hydrogen-bond donors (Lipinski definition) is 32. The van der Waals surface area contributed by atoms with Crippen LogP contribution in [0.1, 0.15) is 129 Å². The van der Waals surface area contributed by atoms with Crippen LogP contribution < -0.4 is 84.8 Å². The van der Waals surface area contributed by atoms with Gasteiger partial charge in [-0.25, -0.2) is 0 Å². The molecule has 0 spiro atoms. The first-order valence-electron chi connectivity index (χ1n) is 44.6. The second kappa shape index (κ2) is 47.1. The van der Waals surface area contributed by atoms with Gasteiger partial charge in [0.1, 0.15) is 108 Å². The van der Waals surface area contributed by atoms with Crippen LogP contribution in [0.3, 0.4) is 0 Å². The molecule has 6 aliphatic heterocycles. The van der Waals surface area contributed by atoms with E-state index in [0.29, 0.717) is 71.2 Å². The molecule has 3 unspecified atom stereocenters. The van der Waals surface area contributed by atoms with Crippen molar-refractivity contribution in [1.29, 1.82) is 0 Å². The van der Waals surface area contributed by atoms with E-state index in [1.54, 1.807) is 0 Å². The lowest BCUT2D eigenvalue weighted by Gasteiger charge is -2.49. The van der Waals surface area contributed by atoms with Crippen LogP contribution in [0.4, 0.5) is 0 Å². The molecule has 12 aliphatic rings. The molecule has 0 bridgehead atoms. The van der Waals surface area contributed by atoms with Crippen molar-refractivity contribution in [2.45, 2.75) is 384 Å². The summed E-state index contributed by atoms with van der Waals surface area (Å²) in [4.78, 5) is 39.4. The molecule has 0 aromatic carbocycles. The Hall–Kier alpha value is -2.75. The van der Waals surface area contributed by atoms with E-state index < -0.39 is 274 Å². The fraction of sp³-hybridized carbons (Fsp3) is 0.962. The molecule has 6 aliphatic carbocycles. The monoisotopic (exact) mass is 1820 g/mol. The Morgan fingerprint density at radius 2 is 0.603 bits per heavy atom. The summed E-state index contributed by atoms with van der Waals surface area (Å²) in [5.41, 5.74) is 68.9. The maximum absolute atomic E-state index is 13.1. The van der Waals surface area contributed by atoms with Crippen LogP contribution in [0, 0.1) is 17.8 Å². The minimum Gasteiger partial charge on any atom is -0.396 e. The summed E-state index contributed by atoms with van der Waals surface area (Å²) in [6.07, 6.45) is -25.8. The molecule has 0 amide bonds. The van der Waals surface area contributed by atoms with Crippen molar-refractivity contribution < 1.29 is 158 Å². The quantitative estimate of drug-likeness (QED) is 0.0259. The Morgan fingerprint density at radius 3 is 0.857 bits per heavy atom. The highest BCUT2D eigenvalue weighted by atomic mass is 16.7. The zero-order chi connectivity index (χ0) is 92.3. The molecular weight excluding hydrogens is 1670 g/mol. The summed E-state index contributed by atoms with van der Waals surface area (Å²) < 4.78 is 71.7. The molecule has 0 aromatic heterocycles. The van der Waals surface area contributed by atoms with Gasteiger partial charge in [-0.2, -0.15) is 0 Å². The Balaban J connectivity index is 0.000000197. The number of carbonyl (C=O) groups excluding carboxylic acids is 3. The Labute approximate surface area is 731 Å². The molecule has 6 saturated carbocycles. The minimum atomic E-state index is -1.58. The Kier molecular flexibility index (Phi) is 39.4. The second-order valence-electron chi connectivity index (χ2n) is 37.0. The van der Waals surface area contributed by atoms with Crippen molar-refractivity contribution in [1.82, 2.24) is 16.0 Å². The highest BCUT2D eigenvalue weighted by molar-refractivity contribution is 5.89. The average molecular weight is 1820 g/mol. The van der Waals surface area contributed by atoms with Gasteiger partial charge in [-0.3, -0.25) is 14.4 Å². The van der Waals surface area contributed by atoms with Gasteiger partial charge in [-0.05, 0) is 134 Å². The number of rotatable bonds is 36. The third-order valence-corrected chi connectivity index (χ3v) is 27.1. The highest BCUT2D eigenvalue weighted by Gasteiger charge is 2.59. The van der Waals surface area contributed by atoms with Crippen molar-refractivity contribution in [2.75, 3.05) is 72.3 Å². The van der Waals surface area contributed by atoms with Gasteiger partial charge in [0.15, 0.2) is 55.1 Å². The molecular formula is C79H149N15O32. The third kappa shape index (κ3) is 25.7. The van der Waals surface area contributed by atoms with Crippen LogP contribution >= 0.6 is 0 Å². The lowest BCUT2D eigenvalue weighted by molar-refractivity contribution is -0.318. The molecule has 47 heteroatoms. The number of nitrogens with two attached hydrogens (primary N) is 12. The smallest absolute Gasteiger partial charge is 0.186 e. The number of Topliss-reactive ketones (excluding diaryl/α,β-unsaturated/α-hetero) is 3. The summed E-state index contributed by atoms with van der Waals surface area (Å²) in [7, 11) is 0. The first-order valence-corrected chi connectivity index (χ1v) is 44.6. The number of aliphatic hydroxyl groups excluding tert-OH is 14. The number of carbonyl (C=O) groups is 3. The van der Waals surface area contributed by atoms with Crippen LogP contribution in [0.2, 0.25) is 0 Å². The maximum atomic E-state index is 13.1. The second-order valence-corrected chi connectivity index (χ2v) is 37.0. The molecule has 732 valence electrons. The first-order chi connectivity index (χ1) is 59.6. The van der Waals surface area contributed by atoms with E-state index in [1.165, 1.54) is 0 Å². The van der Waals surface area contributed by atoms with E-state index in [1.807, 2.05) is 6.92 Å². The predicted molar refractivity (Wildman–Crippen MR) is 439 cm³/mol. The Morgan fingerprint density at radius 1 is 0.333 bits per heavy atom. The maximum Gasteiger partial charge on any atom is 0.186 e. The summed E-state index contributed by atoms with van der Waals surface area (Å²) in [6.45, 7) is 3.62. The van der Waals surface area contributed by atoms with Crippen molar-refractivity contribution in [3.63, 3.8) is 0 Å².